The fourth-order valence-corrected chi connectivity index (χ4v) is 3.66. The number of para-hydroxylation sites is 1. The third-order valence-electron chi connectivity index (χ3n) is 5.26. The minimum atomic E-state index is -0.547. The van der Waals surface area contributed by atoms with E-state index in [9.17, 15) is 9.59 Å². The first kappa shape index (κ1) is 25.4. The van der Waals surface area contributed by atoms with E-state index in [0.717, 1.165) is 11.1 Å². The Morgan fingerprint density at radius 1 is 1.00 bits per heavy atom. The van der Waals surface area contributed by atoms with Crippen molar-refractivity contribution in [2.45, 2.75) is 71.9 Å². The fraction of sp³-hybridized carbons (Fsp3) is 0.481. The summed E-state index contributed by atoms with van der Waals surface area (Å²) in [6.45, 7) is 12.3. The minimum Gasteiger partial charge on any atom is -0.483 e. The maximum atomic E-state index is 13.3. The van der Waals surface area contributed by atoms with Gasteiger partial charge in [-0.25, -0.2) is 0 Å². The molecule has 1 atom stereocenters. The molecule has 32 heavy (non-hydrogen) atoms. The molecule has 0 saturated carbocycles. The van der Waals surface area contributed by atoms with Gasteiger partial charge in [0.1, 0.15) is 11.8 Å². The maximum Gasteiger partial charge on any atom is 0.261 e. The first-order valence-electron chi connectivity index (χ1n) is 11.5. The Hall–Kier alpha value is -2.82. The zero-order valence-corrected chi connectivity index (χ0v) is 20.4. The third-order valence-corrected chi connectivity index (χ3v) is 5.26. The predicted octanol–water partition coefficient (Wildman–Crippen LogP) is 4.95. The summed E-state index contributed by atoms with van der Waals surface area (Å²) in [6.07, 6.45) is 1.21. The van der Waals surface area contributed by atoms with Crippen molar-refractivity contribution in [3.8, 4) is 5.75 Å². The molecule has 2 aromatic rings. The molecule has 0 bridgehead atoms. The summed E-state index contributed by atoms with van der Waals surface area (Å²) in [7, 11) is 0. The third kappa shape index (κ3) is 7.70. The van der Waals surface area contributed by atoms with E-state index >= 15 is 0 Å². The SMILES string of the molecule is CCC(C(=O)NC(C)(C)C)N(CCc1ccccc1)C(=O)COc1ccccc1C(C)C. The number of carbonyl (C=O) groups is 2. The highest BCUT2D eigenvalue weighted by molar-refractivity contribution is 5.88. The van der Waals surface area contributed by atoms with Crippen LogP contribution in [-0.4, -0.2) is 41.4 Å². The smallest absolute Gasteiger partial charge is 0.261 e. The summed E-state index contributed by atoms with van der Waals surface area (Å²) in [5, 5.41) is 3.03. The Labute approximate surface area is 193 Å². The number of hydrogen-bond donors (Lipinski definition) is 1. The molecular weight excluding hydrogens is 400 g/mol. The second-order valence-electron chi connectivity index (χ2n) is 9.47. The van der Waals surface area contributed by atoms with E-state index in [4.69, 9.17) is 4.74 Å². The van der Waals surface area contributed by atoms with Gasteiger partial charge in [0.05, 0.1) is 0 Å². The van der Waals surface area contributed by atoms with Crippen LogP contribution in [0.1, 0.15) is 65.0 Å². The Balaban J connectivity index is 2.20. The van der Waals surface area contributed by atoms with Crippen LogP contribution in [-0.2, 0) is 16.0 Å². The Kier molecular flexibility index (Phi) is 9.30. The molecule has 0 heterocycles. The second kappa shape index (κ2) is 11.7. The van der Waals surface area contributed by atoms with Gasteiger partial charge in [0.25, 0.3) is 5.91 Å². The average Bonchev–Trinajstić information content (AvgIpc) is 2.74. The van der Waals surface area contributed by atoms with Crippen molar-refractivity contribution >= 4 is 11.8 Å². The highest BCUT2D eigenvalue weighted by Gasteiger charge is 2.30. The molecule has 0 radical (unpaired) electrons. The van der Waals surface area contributed by atoms with Crippen LogP contribution in [0, 0.1) is 0 Å². The predicted molar refractivity (Wildman–Crippen MR) is 130 cm³/mol. The van der Waals surface area contributed by atoms with Crippen LogP contribution >= 0.6 is 0 Å². The zero-order chi connectivity index (χ0) is 23.7. The van der Waals surface area contributed by atoms with Crippen LogP contribution < -0.4 is 10.1 Å². The quantitative estimate of drug-likeness (QED) is 0.571. The fourth-order valence-electron chi connectivity index (χ4n) is 3.66. The van der Waals surface area contributed by atoms with Crippen LogP contribution in [0.2, 0.25) is 0 Å². The molecule has 0 aliphatic carbocycles. The van der Waals surface area contributed by atoms with Crippen molar-refractivity contribution in [3.63, 3.8) is 0 Å². The van der Waals surface area contributed by atoms with Gasteiger partial charge in [0.2, 0.25) is 5.91 Å². The van der Waals surface area contributed by atoms with Gasteiger partial charge in [-0.05, 0) is 56.7 Å². The monoisotopic (exact) mass is 438 g/mol. The molecule has 0 aliphatic rings. The van der Waals surface area contributed by atoms with E-state index in [2.05, 4.69) is 19.2 Å². The maximum absolute atomic E-state index is 13.3. The summed E-state index contributed by atoms with van der Waals surface area (Å²) < 4.78 is 5.95. The zero-order valence-electron chi connectivity index (χ0n) is 20.4. The molecule has 2 rings (SSSR count). The number of nitrogens with zero attached hydrogens (tertiary/aromatic N) is 1. The molecule has 1 unspecified atom stereocenters. The van der Waals surface area contributed by atoms with Gasteiger partial charge < -0.3 is 15.0 Å². The van der Waals surface area contributed by atoms with Crippen LogP contribution in [0.5, 0.6) is 5.75 Å². The Morgan fingerprint density at radius 2 is 1.62 bits per heavy atom. The lowest BCUT2D eigenvalue weighted by atomic mass is 10.0. The van der Waals surface area contributed by atoms with Gasteiger partial charge in [-0.1, -0.05) is 69.3 Å². The number of rotatable bonds is 10. The van der Waals surface area contributed by atoms with Gasteiger partial charge in [0.15, 0.2) is 6.61 Å². The lowest BCUT2D eigenvalue weighted by molar-refractivity contribution is -0.142. The minimum absolute atomic E-state index is 0.0994. The molecule has 2 aromatic carbocycles. The first-order chi connectivity index (χ1) is 15.1. The van der Waals surface area contributed by atoms with Crippen LogP contribution in [0.25, 0.3) is 0 Å². The van der Waals surface area contributed by atoms with E-state index in [0.29, 0.717) is 25.1 Å². The number of nitrogens with one attached hydrogen (secondary N) is 1. The highest BCUT2D eigenvalue weighted by atomic mass is 16.5. The van der Waals surface area contributed by atoms with Gasteiger partial charge in [-0.3, -0.25) is 9.59 Å². The van der Waals surface area contributed by atoms with E-state index < -0.39 is 6.04 Å². The molecule has 0 fully saturated rings. The van der Waals surface area contributed by atoms with Crippen LogP contribution in [0.15, 0.2) is 54.6 Å². The lowest BCUT2D eigenvalue weighted by Gasteiger charge is -2.33. The molecule has 0 saturated heterocycles. The molecule has 1 N–H and O–H groups in total. The standard InChI is InChI=1S/C27H38N2O3/c1-7-23(26(31)28-27(4,5)6)29(18-17-21-13-9-8-10-14-21)25(30)19-32-24-16-12-11-15-22(24)20(2)3/h8-16,20,23H,7,17-19H2,1-6H3,(H,28,31). The number of benzene rings is 2. The van der Waals surface area contributed by atoms with Crippen LogP contribution in [0.4, 0.5) is 0 Å². The van der Waals surface area contributed by atoms with E-state index in [1.54, 1.807) is 4.90 Å². The van der Waals surface area contributed by atoms with Crippen molar-refractivity contribution in [2.75, 3.05) is 13.2 Å². The molecule has 5 heteroatoms. The van der Waals surface area contributed by atoms with E-state index in [1.165, 1.54) is 0 Å². The largest absolute Gasteiger partial charge is 0.483 e. The highest BCUT2D eigenvalue weighted by Crippen LogP contribution is 2.26. The summed E-state index contributed by atoms with van der Waals surface area (Å²) in [5.41, 5.74) is 1.82. The summed E-state index contributed by atoms with van der Waals surface area (Å²) in [5.74, 6) is 0.682. The van der Waals surface area contributed by atoms with Crippen molar-refractivity contribution in [3.05, 3.63) is 65.7 Å². The molecule has 0 aromatic heterocycles. The number of ether oxygens (including phenoxy) is 1. The van der Waals surface area contributed by atoms with Crippen molar-refractivity contribution in [1.29, 1.82) is 0 Å². The number of carbonyl (C=O) groups excluding carboxylic acids is 2. The molecule has 0 spiro atoms. The molecular formula is C27H38N2O3. The van der Waals surface area contributed by atoms with Gasteiger partial charge >= 0.3 is 0 Å². The summed E-state index contributed by atoms with van der Waals surface area (Å²) >= 11 is 0. The topological polar surface area (TPSA) is 58.6 Å². The number of hydrogen-bond acceptors (Lipinski definition) is 3. The molecule has 2 amide bonds. The summed E-state index contributed by atoms with van der Waals surface area (Å²) in [4.78, 5) is 28.0. The molecule has 5 nitrogen and oxygen atoms in total. The Bertz CT molecular complexity index is 872. The molecule has 174 valence electrons. The van der Waals surface area contributed by atoms with Gasteiger partial charge in [0, 0.05) is 12.1 Å². The van der Waals surface area contributed by atoms with Gasteiger partial charge in [-0.15, -0.1) is 0 Å². The van der Waals surface area contributed by atoms with Gasteiger partial charge in [-0.2, -0.15) is 0 Å². The normalized spacial score (nSPS) is 12.3. The summed E-state index contributed by atoms with van der Waals surface area (Å²) in [6, 6.07) is 17.2. The second-order valence-corrected chi connectivity index (χ2v) is 9.47. The lowest BCUT2D eigenvalue weighted by Crippen LogP contribution is -2.54. The van der Waals surface area contributed by atoms with Crippen molar-refractivity contribution in [1.82, 2.24) is 10.2 Å². The van der Waals surface area contributed by atoms with Crippen molar-refractivity contribution < 1.29 is 14.3 Å². The van der Waals surface area contributed by atoms with E-state index in [-0.39, 0.29) is 29.9 Å². The Morgan fingerprint density at radius 3 is 2.22 bits per heavy atom. The van der Waals surface area contributed by atoms with E-state index in [1.807, 2.05) is 82.3 Å². The number of amides is 2. The first-order valence-corrected chi connectivity index (χ1v) is 11.5. The average molecular weight is 439 g/mol. The van der Waals surface area contributed by atoms with Crippen molar-refractivity contribution in [2.24, 2.45) is 0 Å². The van der Waals surface area contributed by atoms with Crippen LogP contribution in [0.3, 0.4) is 0 Å². The molecule has 0 aliphatic heterocycles.